The van der Waals surface area contributed by atoms with Crippen molar-refractivity contribution < 1.29 is 22.7 Å². The summed E-state index contributed by atoms with van der Waals surface area (Å²) in [6.45, 7) is -0.231. The molecule has 3 aromatic rings. The Morgan fingerprint density at radius 3 is 2.71 bits per heavy atom. The smallest absolute Gasteiger partial charge is 0.270 e. The molecule has 4 rings (SSSR count). The van der Waals surface area contributed by atoms with E-state index in [1.807, 2.05) is 0 Å². The van der Waals surface area contributed by atoms with Gasteiger partial charge in [0, 0.05) is 28.6 Å². The minimum Gasteiger partial charge on any atom is -0.489 e. The first-order chi connectivity index (χ1) is 13.5. The highest BCUT2D eigenvalue weighted by molar-refractivity contribution is 7.13. The molecule has 1 N–H and O–H groups in total. The number of hydrogen-bond donors (Lipinski definition) is 1. The van der Waals surface area contributed by atoms with E-state index in [9.17, 15) is 18.0 Å². The third kappa shape index (κ3) is 4.17. The lowest BCUT2D eigenvalue weighted by Crippen LogP contribution is -2.25. The fourth-order valence-electron chi connectivity index (χ4n) is 2.56. The summed E-state index contributed by atoms with van der Waals surface area (Å²) in [5.41, 5.74) is 0.531. The second-order valence-electron chi connectivity index (χ2n) is 6.45. The van der Waals surface area contributed by atoms with Crippen LogP contribution in [0.15, 0.2) is 41.8 Å². The van der Waals surface area contributed by atoms with E-state index in [4.69, 9.17) is 4.74 Å². The number of benzene rings is 2. The average molecular weight is 404 g/mol. The van der Waals surface area contributed by atoms with Gasteiger partial charge >= 0.3 is 0 Å². The van der Waals surface area contributed by atoms with Gasteiger partial charge in [0.25, 0.3) is 5.91 Å². The van der Waals surface area contributed by atoms with Crippen LogP contribution in [0.5, 0.6) is 5.75 Å². The minimum absolute atomic E-state index is 0.0377. The van der Waals surface area contributed by atoms with Crippen molar-refractivity contribution in [2.75, 3.05) is 0 Å². The van der Waals surface area contributed by atoms with Gasteiger partial charge in [0.2, 0.25) is 0 Å². The Bertz CT molecular complexity index is 1030. The molecule has 1 amide bonds. The van der Waals surface area contributed by atoms with E-state index in [1.54, 1.807) is 5.38 Å². The highest BCUT2D eigenvalue weighted by Gasteiger charge is 2.25. The lowest BCUT2D eigenvalue weighted by Gasteiger charge is -2.08. The zero-order valence-electron chi connectivity index (χ0n) is 14.5. The van der Waals surface area contributed by atoms with E-state index in [1.165, 1.54) is 23.5 Å². The fraction of sp³-hybridized carbons (Fsp3) is 0.200. The zero-order valence-corrected chi connectivity index (χ0v) is 15.4. The summed E-state index contributed by atoms with van der Waals surface area (Å²) in [5.74, 6) is -1.85. The van der Waals surface area contributed by atoms with Crippen LogP contribution in [0.4, 0.5) is 13.2 Å². The summed E-state index contributed by atoms with van der Waals surface area (Å²) in [6, 6.07) is 7.42. The minimum atomic E-state index is -0.599. The molecule has 0 unspecified atom stereocenters. The summed E-state index contributed by atoms with van der Waals surface area (Å²) < 4.78 is 46.7. The molecule has 1 aromatic heterocycles. The lowest BCUT2D eigenvalue weighted by molar-refractivity contribution is 0.0947. The number of nitrogens with one attached hydrogen (secondary N) is 1. The van der Waals surface area contributed by atoms with E-state index in [2.05, 4.69) is 10.3 Å². The number of ether oxygens (including phenoxy) is 1. The molecule has 4 nitrogen and oxygen atoms in total. The highest BCUT2D eigenvalue weighted by Crippen LogP contribution is 2.30. The Hall–Kier alpha value is -2.87. The largest absolute Gasteiger partial charge is 0.489 e. The summed E-state index contributed by atoms with van der Waals surface area (Å²) in [5, 5.41) is 4.80. The van der Waals surface area contributed by atoms with Gasteiger partial charge in [0.15, 0.2) is 0 Å². The van der Waals surface area contributed by atoms with Gasteiger partial charge in [-0.15, -0.1) is 11.3 Å². The predicted octanol–water partition coefficient (Wildman–Crippen LogP) is 4.70. The number of nitrogens with zero attached hydrogens (tertiary/aromatic N) is 1. The molecule has 1 heterocycles. The number of rotatable bonds is 6. The van der Waals surface area contributed by atoms with Crippen LogP contribution in [0, 0.1) is 17.5 Å². The molecule has 1 aliphatic carbocycles. The molecule has 144 valence electrons. The Kier molecular flexibility index (Phi) is 5.04. The van der Waals surface area contributed by atoms with Crippen molar-refractivity contribution >= 4 is 17.2 Å². The summed E-state index contributed by atoms with van der Waals surface area (Å²) in [6.07, 6.45) is 1.94. The molecule has 1 fully saturated rings. The molecule has 0 bridgehead atoms. The van der Waals surface area contributed by atoms with Crippen molar-refractivity contribution in [2.45, 2.75) is 25.5 Å². The molecule has 0 saturated heterocycles. The summed E-state index contributed by atoms with van der Waals surface area (Å²) in [7, 11) is 0. The number of thiazole rings is 1. The Morgan fingerprint density at radius 2 is 1.96 bits per heavy atom. The van der Waals surface area contributed by atoms with E-state index >= 15 is 0 Å². The van der Waals surface area contributed by atoms with E-state index < -0.39 is 17.5 Å². The van der Waals surface area contributed by atoms with Crippen molar-refractivity contribution in [3.63, 3.8) is 0 Å². The highest BCUT2D eigenvalue weighted by atomic mass is 32.1. The van der Waals surface area contributed by atoms with Crippen molar-refractivity contribution in [3.05, 3.63) is 70.5 Å². The first-order valence-corrected chi connectivity index (χ1v) is 9.50. The van der Waals surface area contributed by atoms with E-state index in [0.29, 0.717) is 5.01 Å². The monoisotopic (exact) mass is 404 g/mol. The SMILES string of the molecule is O=C(NC1CC1)c1csc(-c2ccc(OCc3cc(F)ccc3F)cc2F)n1. The van der Waals surface area contributed by atoms with Gasteiger partial charge in [-0.05, 0) is 43.2 Å². The molecule has 0 spiro atoms. The van der Waals surface area contributed by atoms with Gasteiger partial charge in [-0.25, -0.2) is 18.2 Å². The van der Waals surface area contributed by atoms with Gasteiger partial charge in [0.1, 0.15) is 40.5 Å². The standard InChI is InChI=1S/C20H15F3N2O2S/c21-12-1-6-16(22)11(7-12)9-27-14-4-5-15(17(23)8-14)20-25-18(10-28-20)19(26)24-13-2-3-13/h1,4-8,10,13H,2-3,9H2,(H,24,26). The van der Waals surface area contributed by atoms with Crippen molar-refractivity contribution in [1.29, 1.82) is 0 Å². The average Bonchev–Trinajstić information content (AvgIpc) is 3.35. The van der Waals surface area contributed by atoms with Gasteiger partial charge in [-0.2, -0.15) is 0 Å². The van der Waals surface area contributed by atoms with Crippen molar-refractivity contribution in [3.8, 4) is 16.3 Å². The van der Waals surface area contributed by atoms with Crippen LogP contribution in [0.2, 0.25) is 0 Å². The second kappa shape index (κ2) is 7.63. The molecule has 1 aliphatic rings. The molecule has 1 saturated carbocycles. The van der Waals surface area contributed by atoms with Crippen molar-refractivity contribution in [1.82, 2.24) is 10.3 Å². The number of aromatic nitrogens is 1. The third-order valence-corrected chi connectivity index (χ3v) is 5.10. The molecule has 0 aliphatic heterocycles. The van der Waals surface area contributed by atoms with E-state index in [0.717, 1.165) is 37.1 Å². The van der Waals surface area contributed by atoms with Crippen LogP contribution in [-0.4, -0.2) is 16.9 Å². The van der Waals surface area contributed by atoms with Gasteiger partial charge in [0.05, 0.1) is 0 Å². The zero-order chi connectivity index (χ0) is 19.7. The van der Waals surface area contributed by atoms with Crippen LogP contribution in [0.25, 0.3) is 10.6 Å². The van der Waals surface area contributed by atoms with Crippen LogP contribution >= 0.6 is 11.3 Å². The number of halogens is 3. The Morgan fingerprint density at radius 1 is 1.14 bits per heavy atom. The van der Waals surface area contributed by atoms with E-state index in [-0.39, 0.29) is 41.1 Å². The molecule has 8 heteroatoms. The summed E-state index contributed by atoms with van der Waals surface area (Å²) in [4.78, 5) is 16.2. The fourth-order valence-corrected chi connectivity index (χ4v) is 3.39. The normalized spacial score (nSPS) is 13.4. The van der Waals surface area contributed by atoms with Gasteiger partial charge in [-0.1, -0.05) is 0 Å². The maximum absolute atomic E-state index is 14.5. The Balaban J connectivity index is 1.46. The molecular formula is C20H15F3N2O2S. The topological polar surface area (TPSA) is 51.2 Å². The maximum Gasteiger partial charge on any atom is 0.270 e. The number of carbonyl (C=O) groups excluding carboxylic acids is 1. The number of carbonyl (C=O) groups is 1. The quantitative estimate of drug-likeness (QED) is 0.648. The maximum atomic E-state index is 14.5. The third-order valence-electron chi connectivity index (χ3n) is 4.22. The van der Waals surface area contributed by atoms with Crippen molar-refractivity contribution in [2.24, 2.45) is 0 Å². The van der Waals surface area contributed by atoms with Gasteiger partial charge < -0.3 is 10.1 Å². The van der Waals surface area contributed by atoms with Crippen LogP contribution in [-0.2, 0) is 6.61 Å². The molecule has 0 radical (unpaired) electrons. The molecule has 0 atom stereocenters. The molecular weight excluding hydrogens is 389 g/mol. The van der Waals surface area contributed by atoms with Gasteiger partial charge in [-0.3, -0.25) is 4.79 Å². The predicted molar refractivity (Wildman–Crippen MR) is 98.7 cm³/mol. The van der Waals surface area contributed by atoms with Crippen LogP contribution < -0.4 is 10.1 Å². The Labute approximate surface area is 163 Å². The second-order valence-corrected chi connectivity index (χ2v) is 7.31. The number of amides is 1. The van der Waals surface area contributed by atoms with Crippen LogP contribution in [0.1, 0.15) is 28.9 Å². The first kappa shape index (κ1) is 18.5. The summed E-state index contributed by atoms with van der Waals surface area (Å²) >= 11 is 1.17. The van der Waals surface area contributed by atoms with Crippen LogP contribution in [0.3, 0.4) is 0 Å². The number of hydrogen-bond acceptors (Lipinski definition) is 4. The lowest BCUT2D eigenvalue weighted by atomic mass is 10.2. The molecule has 28 heavy (non-hydrogen) atoms. The molecule has 2 aromatic carbocycles. The first-order valence-electron chi connectivity index (χ1n) is 8.62.